The minimum absolute atomic E-state index is 0.148. The number of benzene rings is 2. The molecule has 1 aliphatic heterocycles. The van der Waals surface area contributed by atoms with Gasteiger partial charge >= 0.3 is 0 Å². The average molecular weight is 321 g/mol. The van der Waals surface area contributed by atoms with Crippen molar-refractivity contribution >= 4 is 22.9 Å². The molecule has 0 saturated carbocycles. The van der Waals surface area contributed by atoms with Gasteiger partial charge in [0.25, 0.3) is 5.91 Å². The van der Waals surface area contributed by atoms with Crippen molar-refractivity contribution in [2.24, 2.45) is 5.10 Å². The van der Waals surface area contributed by atoms with E-state index in [-0.39, 0.29) is 12.5 Å². The van der Waals surface area contributed by atoms with Gasteiger partial charge in [0.05, 0.1) is 11.9 Å². The standard InChI is InChI=1S/C18H15N3O3/c22-18(21-20-10-14-6-3-7-19-14)17-11-23-15-8-12-4-1-2-5-13(12)9-16(15)24-17/h1-10,17,19H,11H2,(H,21,22)/b20-10-. The van der Waals surface area contributed by atoms with E-state index in [0.717, 1.165) is 16.5 Å². The zero-order valence-corrected chi connectivity index (χ0v) is 12.7. The number of ether oxygens (including phenoxy) is 2. The van der Waals surface area contributed by atoms with Crippen molar-refractivity contribution < 1.29 is 14.3 Å². The first-order valence-electron chi connectivity index (χ1n) is 7.58. The summed E-state index contributed by atoms with van der Waals surface area (Å²) in [6.45, 7) is 0.148. The lowest BCUT2D eigenvalue weighted by atomic mass is 10.1. The van der Waals surface area contributed by atoms with Gasteiger partial charge in [0.1, 0.15) is 6.61 Å². The summed E-state index contributed by atoms with van der Waals surface area (Å²) in [5.41, 5.74) is 3.26. The number of nitrogens with zero attached hydrogens (tertiary/aromatic N) is 1. The van der Waals surface area contributed by atoms with Gasteiger partial charge in [0, 0.05) is 6.20 Å². The molecule has 0 aliphatic carbocycles. The molecule has 1 aromatic heterocycles. The van der Waals surface area contributed by atoms with Gasteiger partial charge in [-0.15, -0.1) is 0 Å². The number of rotatable bonds is 3. The fourth-order valence-electron chi connectivity index (χ4n) is 2.55. The van der Waals surface area contributed by atoms with Gasteiger partial charge in [-0.25, -0.2) is 5.43 Å². The molecule has 3 aromatic rings. The van der Waals surface area contributed by atoms with Crippen LogP contribution in [-0.4, -0.2) is 29.8 Å². The maximum Gasteiger partial charge on any atom is 0.284 e. The first-order chi connectivity index (χ1) is 11.8. The fraction of sp³-hybridized carbons (Fsp3) is 0.111. The number of aromatic nitrogens is 1. The fourth-order valence-corrected chi connectivity index (χ4v) is 2.55. The van der Waals surface area contributed by atoms with Crippen LogP contribution >= 0.6 is 0 Å². The van der Waals surface area contributed by atoms with Crippen LogP contribution in [0.1, 0.15) is 5.69 Å². The third kappa shape index (κ3) is 2.81. The van der Waals surface area contributed by atoms with Gasteiger partial charge in [0.15, 0.2) is 11.5 Å². The largest absolute Gasteiger partial charge is 0.485 e. The van der Waals surface area contributed by atoms with Gasteiger partial charge in [0.2, 0.25) is 6.10 Å². The number of nitrogens with one attached hydrogen (secondary N) is 2. The molecular formula is C18H15N3O3. The topological polar surface area (TPSA) is 75.7 Å². The second-order valence-electron chi connectivity index (χ2n) is 5.42. The summed E-state index contributed by atoms with van der Waals surface area (Å²) in [7, 11) is 0. The number of hydrogen-bond donors (Lipinski definition) is 2. The summed E-state index contributed by atoms with van der Waals surface area (Å²) in [5.74, 6) is 0.859. The lowest BCUT2D eigenvalue weighted by Crippen LogP contribution is -2.42. The Morgan fingerprint density at radius 3 is 2.71 bits per heavy atom. The predicted octanol–water partition coefficient (Wildman–Crippen LogP) is 2.46. The summed E-state index contributed by atoms with van der Waals surface area (Å²) >= 11 is 0. The van der Waals surface area contributed by atoms with E-state index in [2.05, 4.69) is 15.5 Å². The molecule has 4 rings (SSSR count). The van der Waals surface area contributed by atoms with Crippen LogP contribution in [-0.2, 0) is 4.79 Å². The van der Waals surface area contributed by atoms with E-state index in [1.165, 1.54) is 6.21 Å². The molecule has 2 heterocycles. The number of carbonyl (C=O) groups excluding carboxylic acids is 1. The smallest absolute Gasteiger partial charge is 0.284 e. The lowest BCUT2D eigenvalue weighted by Gasteiger charge is -2.25. The second-order valence-corrected chi connectivity index (χ2v) is 5.42. The second kappa shape index (κ2) is 6.08. The van der Waals surface area contributed by atoms with E-state index >= 15 is 0 Å². The molecule has 0 fully saturated rings. The van der Waals surface area contributed by atoms with Gasteiger partial charge < -0.3 is 14.5 Å². The molecule has 1 aliphatic rings. The Labute approximate surface area is 138 Å². The Morgan fingerprint density at radius 2 is 1.96 bits per heavy atom. The normalized spacial score (nSPS) is 16.4. The molecule has 1 unspecified atom stereocenters. The highest BCUT2D eigenvalue weighted by molar-refractivity contribution is 5.87. The molecule has 1 amide bonds. The highest BCUT2D eigenvalue weighted by Crippen LogP contribution is 2.35. The number of aromatic amines is 1. The van der Waals surface area contributed by atoms with Crippen LogP contribution in [0.15, 0.2) is 59.8 Å². The summed E-state index contributed by atoms with van der Waals surface area (Å²) < 4.78 is 11.4. The molecular weight excluding hydrogens is 306 g/mol. The lowest BCUT2D eigenvalue weighted by molar-refractivity contribution is -0.130. The van der Waals surface area contributed by atoms with Crippen LogP contribution in [0, 0.1) is 0 Å². The van der Waals surface area contributed by atoms with E-state index in [1.54, 1.807) is 6.20 Å². The zero-order valence-electron chi connectivity index (χ0n) is 12.7. The van der Waals surface area contributed by atoms with Crippen LogP contribution in [0.3, 0.4) is 0 Å². The number of hydrazone groups is 1. The average Bonchev–Trinajstić information content (AvgIpc) is 3.12. The SMILES string of the molecule is O=C(N/N=C\c1ccc[nH]1)C1COc2cc3ccccc3cc2O1. The van der Waals surface area contributed by atoms with Crippen LogP contribution in [0.4, 0.5) is 0 Å². The Morgan fingerprint density at radius 1 is 1.17 bits per heavy atom. The predicted molar refractivity (Wildman–Crippen MR) is 90.4 cm³/mol. The van der Waals surface area contributed by atoms with Crippen LogP contribution in [0.25, 0.3) is 10.8 Å². The Balaban J connectivity index is 1.47. The van der Waals surface area contributed by atoms with E-state index in [1.807, 2.05) is 48.5 Å². The van der Waals surface area contributed by atoms with Gasteiger partial charge in [-0.2, -0.15) is 5.10 Å². The maximum absolute atomic E-state index is 12.2. The quantitative estimate of drug-likeness (QED) is 0.575. The molecule has 6 heteroatoms. The third-order valence-corrected chi connectivity index (χ3v) is 3.76. The molecule has 24 heavy (non-hydrogen) atoms. The highest BCUT2D eigenvalue weighted by atomic mass is 16.6. The summed E-state index contributed by atoms with van der Waals surface area (Å²) in [6, 6.07) is 15.4. The molecule has 0 saturated heterocycles. The first-order valence-corrected chi connectivity index (χ1v) is 7.58. The molecule has 1 atom stereocenters. The van der Waals surface area contributed by atoms with E-state index in [9.17, 15) is 4.79 Å². The number of amides is 1. The minimum Gasteiger partial charge on any atom is -0.485 e. The molecule has 2 aromatic carbocycles. The monoisotopic (exact) mass is 321 g/mol. The van der Waals surface area contributed by atoms with Crippen LogP contribution in [0.2, 0.25) is 0 Å². The van der Waals surface area contributed by atoms with Crippen molar-refractivity contribution in [3.63, 3.8) is 0 Å². The number of hydrogen-bond acceptors (Lipinski definition) is 4. The van der Waals surface area contributed by atoms with Gasteiger partial charge in [-0.1, -0.05) is 24.3 Å². The van der Waals surface area contributed by atoms with E-state index in [0.29, 0.717) is 11.5 Å². The van der Waals surface area contributed by atoms with Crippen LogP contribution < -0.4 is 14.9 Å². The Bertz CT molecular complexity index is 903. The molecule has 0 bridgehead atoms. The first kappa shape index (κ1) is 14.3. The Hall–Kier alpha value is -3.28. The minimum atomic E-state index is -0.737. The maximum atomic E-state index is 12.2. The van der Waals surface area contributed by atoms with E-state index in [4.69, 9.17) is 9.47 Å². The Kier molecular flexibility index (Phi) is 3.63. The van der Waals surface area contributed by atoms with Crippen molar-refractivity contribution in [2.45, 2.75) is 6.10 Å². The van der Waals surface area contributed by atoms with E-state index < -0.39 is 6.10 Å². The number of fused-ring (bicyclic) bond motifs is 2. The molecule has 0 radical (unpaired) electrons. The number of H-pyrrole nitrogens is 1. The summed E-state index contributed by atoms with van der Waals surface area (Å²) in [4.78, 5) is 15.1. The van der Waals surface area contributed by atoms with Crippen molar-refractivity contribution in [3.05, 3.63) is 60.4 Å². The molecule has 2 N–H and O–H groups in total. The third-order valence-electron chi connectivity index (χ3n) is 3.76. The molecule has 6 nitrogen and oxygen atoms in total. The van der Waals surface area contributed by atoms with Crippen molar-refractivity contribution in [3.8, 4) is 11.5 Å². The van der Waals surface area contributed by atoms with Crippen molar-refractivity contribution in [1.82, 2.24) is 10.4 Å². The van der Waals surface area contributed by atoms with Crippen molar-refractivity contribution in [2.75, 3.05) is 6.61 Å². The zero-order chi connectivity index (χ0) is 16.4. The van der Waals surface area contributed by atoms with Crippen molar-refractivity contribution in [1.29, 1.82) is 0 Å². The molecule has 0 spiro atoms. The van der Waals surface area contributed by atoms with Gasteiger partial charge in [-0.3, -0.25) is 4.79 Å². The number of carbonyl (C=O) groups is 1. The highest BCUT2D eigenvalue weighted by Gasteiger charge is 2.27. The molecule has 120 valence electrons. The van der Waals surface area contributed by atoms with Crippen LogP contribution in [0.5, 0.6) is 11.5 Å². The van der Waals surface area contributed by atoms with Gasteiger partial charge in [-0.05, 0) is 35.0 Å². The summed E-state index contributed by atoms with van der Waals surface area (Å²) in [6.07, 6.45) is 2.57. The summed E-state index contributed by atoms with van der Waals surface area (Å²) in [5, 5.41) is 6.00.